The molecule has 0 atom stereocenters. The zero-order valence-corrected chi connectivity index (χ0v) is 15.7. The molecule has 0 aliphatic rings. The lowest BCUT2D eigenvalue weighted by molar-refractivity contribution is -0.0493. The number of hydroxylamine groups is 1. The van der Waals surface area contributed by atoms with Crippen molar-refractivity contribution in [1.82, 2.24) is 4.98 Å². The van der Waals surface area contributed by atoms with E-state index in [0.717, 1.165) is 6.07 Å². The lowest BCUT2D eigenvalue weighted by Crippen LogP contribution is -2.25. The number of fused-ring (bicyclic) bond motifs is 3. The molecule has 0 saturated carbocycles. The van der Waals surface area contributed by atoms with Crippen LogP contribution in [0.3, 0.4) is 0 Å². The number of furan rings is 1. The second-order valence-electron chi connectivity index (χ2n) is 5.84. The van der Waals surface area contributed by atoms with Gasteiger partial charge in [-0.1, -0.05) is 41.4 Å². The van der Waals surface area contributed by atoms with Gasteiger partial charge in [0.15, 0.2) is 11.3 Å². The van der Waals surface area contributed by atoms with Gasteiger partial charge in [-0.2, -0.15) is 8.78 Å². The quantitative estimate of drug-likeness (QED) is 0.364. The molecule has 0 aliphatic heterocycles. The smallest absolute Gasteiger partial charge is 0.387 e. The van der Waals surface area contributed by atoms with Crippen molar-refractivity contribution < 1.29 is 22.7 Å². The first-order valence-electron chi connectivity index (χ1n) is 8.08. The van der Waals surface area contributed by atoms with Crippen molar-refractivity contribution in [2.45, 2.75) is 6.61 Å². The maximum atomic E-state index is 13.0. The standard InChI is InChI=1S/C19H9Cl2F2N2O4/c20-11-7-24-8-12(21)16(11)25(27)18(26)10-5-6-14(29-19(22)23)17-15(10)9-3-1-2-4-13(9)28-17/h1-8,19H/q-1. The summed E-state index contributed by atoms with van der Waals surface area (Å²) in [4.78, 5) is 16.7. The Morgan fingerprint density at radius 3 is 2.52 bits per heavy atom. The van der Waals surface area contributed by atoms with E-state index < -0.39 is 12.5 Å². The van der Waals surface area contributed by atoms with Crippen LogP contribution in [0, 0.1) is 5.21 Å². The number of aromatic nitrogens is 1. The van der Waals surface area contributed by atoms with Gasteiger partial charge in [-0.05, 0) is 18.2 Å². The molecule has 6 nitrogen and oxygen atoms in total. The van der Waals surface area contributed by atoms with Gasteiger partial charge < -0.3 is 19.4 Å². The summed E-state index contributed by atoms with van der Waals surface area (Å²) in [7, 11) is 0. The van der Waals surface area contributed by atoms with Crippen molar-refractivity contribution >= 4 is 56.7 Å². The number of ether oxygens (including phenoxy) is 1. The van der Waals surface area contributed by atoms with Crippen LogP contribution in [-0.4, -0.2) is 17.5 Å². The van der Waals surface area contributed by atoms with Gasteiger partial charge in [0.2, 0.25) is 5.91 Å². The molecular weight excluding hydrogens is 429 g/mol. The third-order valence-electron chi connectivity index (χ3n) is 4.15. The summed E-state index contributed by atoms with van der Waals surface area (Å²) in [6.45, 7) is -3.10. The Kier molecular flexibility index (Phi) is 4.99. The Hall–Kier alpha value is -2.94. The predicted molar refractivity (Wildman–Crippen MR) is 105 cm³/mol. The van der Waals surface area contributed by atoms with Crippen molar-refractivity contribution in [3.8, 4) is 5.75 Å². The first-order chi connectivity index (χ1) is 13.9. The van der Waals surface area contributed by atoms with Crippen molar-refractivity contribution in [3.05, 3.63) is 69.6 Å². The van der Waals surface area contributed by atoms with Gasteiger partial charge in [0.25, 0.3) is 0 Å². The zero-order valence-electron chi connectivity index (χ0n) is 14.2. The van der Waals surface area contributed by atoms with Crippen LogP contribution in [0.25, 0.3) is 21.9 Å². The largest absolute Gasteiger partial charge is 0.751 e. The van der Waals surface area contributed by atoms with Crippen LogP contribution >= 0.6 is 23.2 Å². The summed E-state index contributed by atoms with van der Waals surface area (Å²) in [5.41, 5.74) is -0.121. The lowest BCUT2D eigenvalue weighted by atomic mass is 10.0. The van der Waals surface area contributed by atoms with Gasteiger partial charge in [-0.3, -0.25) is 9.78 Å². The van der Waals surface area contributed by atoms with Crippen molar-refractivity contribution in [3.63, 3.8) is 0 Å². The number of para-hydroxylation sites is 1. The zero-order chi connectivity index (χ0) is 20.7. The van der Waals surface area contributed by atoms with E-state index >= 15 is 0 Å². The molecule has 1 amide bonds. The number of hydrogen-bond donors (Lipinski definition) is 0. The maximum absolute atomic E-state index is 13.0. The van der Waals surface area contributed by atoms with E-state index in [1.807, 2.05) is 0 Å². The number of nitrogens with zero attached hydrogens (tertiary/aromatic N) is 2. The molecule has 2 aromatic carbocycles. The lowest BCUT2D eigenvalue weighted by Gasteiger charge is -2.30. The topological polar surface area (TPSA) is 78.6 Å². The summed E-state index contributed by atoms with van der Waals surface area (Å²) >= 11 is 11.9. The number of carbonyl (C=O) groups is 1. The fourth-order valence-electron chi connectivity index (χ4n) is 2.98. The highest BCUT2D eigenvalue weighted by molar-refractivity contribution is 6.40. The molecule has 0 fully saturated rings. The van der Waals surface area contributed by atoms with E-state index in [4.69, 9.17) is 27.6 Å². The molecule has 0 saturated heterocycles. The second-order valence-corrected chi connectivity index (χ2v) is 6.66. The van der Waals surface area contributed by atoms with E-state index in [2.05, 4.69) is 9.72 Å². The van der Waals surface area contributed by atoms with Gasteiger partial charge in [0.05, 0.1) is 21.3 Å². The Labute approximate surface area is 171 Å². The Balaban J connectivity index is 1.93. The monoisotopic (exact) mass is 437 g/mol. The molecule has 10 heteroatoms. The molecule has 0 bridgehead atoms. The Morgan fingerprint density at radius 2 is 1.83 bits per heavy atom. The number of carbonyl (C=O) groups excluding carboxylic acids is 1. The number of amides is 1. The van der Waals surface area contributed by atoms with Crippen LogP contribution in [0.4, 0.5) is 14.5 Å². The first-order valence-corrected chi connectivity index (χ1v) is 8.83. The molecular formula is C19H9Cl2F2N2O4-. The van der Waals surface area contributed by atoms with Crippen LogP contribution in [0.15, 0.2) is 53.2 Å². The summed E-state index contributed by atoms with van der Waals surface area (Å²) in [6.07, 6.45) is 2.34. The molecule has 0 aliphatic carbocycles. The minimum absolute atomic E-state index is 0.0243. The van der Waals surface area contributed by atoms with Gasteiger partial charge in [0.1, 0.15) is 5.58 Å². The highest BCUT2D eigenvalue weighted by Crippen LogP contribution is 2.39. The molecule has 148 valence electrons. The van der Waals surface area contributed by atoms with Crippen LogP contribution in [0.1, 0.15) is 10.4 Å². The fraction of sp³-hybridized carbons (Fsp3) is 0.0526. The first kappa shape index (κ1) is 19.4. The molecule has 29 heavy (non-hydrogen) atoms. The number of halogens is 4. The number of pyridine rings is 1. The summed E-state index contributed by atoms with van der Waals surface area (Å²) in [6, 6.07) is 8.92. The minimum Gasteiger partial charge on any atom is -0.751 e. The molecule has 0 radical (unpaired) electrons. The second kappa shape index (κ2) is 7.47. The number of hydrogen-bond acceptors (Lipinski definition) is 5. The van der Waals surface area contributed by atoms with E-state index in [9.17, 15) is 18.8 Å². The molecule has 2 aromatic heterocycles. The number of rotatable bonds is 4. The van der Waals surface area contributed by atoms with Gasteiger partial charge in [-0.25, -0.2) is 0 Å². The Morgan fingerprint density at radius 1 is 1.14 bits per heavy atom. The molecule has 4 aromatic rings. The van der Waals surface area contributed by atoms with E-state index in [1.165, 1.54) is 18.5 Å². The van der Waals surface area contributed by atoms with Crippen LogP contribution in [0.2, 0.25) is 10.0 Å². The van der Waals surface area contributed by atoms with E-state index in [0.29, 0.717) is 11.0 Å². The van der Waals surface area contributed by atoms with Crippen LogP contribution in [0.5, 0.6) is 5.75 Å². The van der Waals surface area contributed by atoms with Gasteiger partial charge in [-0.15, -0.1) is 0 Å². The third-order valence-corrected chi connectivity index (χ3v) is 4.71. The highest BCUT2D eigenvalue weighted by atomic mass is 35.5. The van der Waals surface area contributed by atoms with Gasteiger partial charge >= 0.3 is 6.61 Å². The summed E-state index contributed by atoms with van der Waals surface area (Å²) in [5, 5.41) is 13.1. The van der Waals surface area contributed by atoms with Gasteiger partial charge in [0, 0.05) is 23.2 Å². The van der Waals surface area contributed by atoms with E-state index in [-0.39, 0.29) is 43.1 Å². The average Bonchev–Trinajstić information content (AvgIpc) is 3.07. The number of benzene rings is 2. The molecule has 0 unspecified atom stereocenters. The molecule has 4 rings (SSSR count). The predicted octanol–water partition coefficient (Wildman–Crippen LogP) is 6.03. The summed E-state index contributed by atoms with van der Waals surface area (Å²) in [5.74, 6) is -1.28. The molecule has 2 heterocycles. The summed E-state index contributed by atoms with van der Waals surface area (Å²) < 4.78 is 35.7. The average molecular weight is 438 g/mol. The minimum atomic E-state index is -3.10. The molecule has 0 spiro atoms. The van der Waals surface area contributed by atoms with Crippen molar-refractivity contribution in [2.75, 3.05) is 5.06 Å². The SMILES string of the molecule is O=C(c1ccc(OC(F)F)c2oc3ccccc3c12)N([O-])c1c(Cl)cncc1Cl. The number of anilines is 1. The van der Waals surface area contributed by atoms with Crippen LogP contribution in [-0.2, 0) is 0 Å². The normalized spacial score (nSPS) is 11.4. The van der Waals surface area contributed by atoms with Crippen molar-refractivity contribution in [1.29, 1.82) is 0 Å². The molecule has 0 N–H and O–H groups in total. The maximum Gasteiger partial charge on any atom is 0.387 e. The van der Waals surface area contributed by atoms with E-state index in [1.54, 1.807) is 24.3 Å². The fourth-order valence-corrected chi connectivity index (χ4v) is 3.50. The van der Waals surface area contributed by atoms with Crippen molar-refractivity contribution in [2.24, 2.45) is 0 Å². The van der Waals surface area contributed by atoms with Crippen LogP contribution < -0.4 is 9.80 Å². The third kappa shape index (κ3) is 3.35. The Bertz CT molecular complexity index is 1230. The highest BCUT2D eigenvalue weighted by Gasteiger charge is 2.23. The number of alkyl halides is 2.